The molecule has 1 aliphatic heterocycles. The Kier molecular flexibility index (Phi) is 11.9. The Bertz CT molecular complexity index is 354. The van der Waals surface area contributed by atoms with Crippen molar-refractivity contribution in [3.63, 3.8) is 0 Å². The molecular weight excluding hydrogens is 312 g/mol. The molecule has 25 heavy (non-hydrogen) atoms. The van der Waals surface area contributed by atoms with Crippen LogP contribution in [0.4, 0.5) is 0 Å². The van der Waals surface area contributed by atoms with E-state index in [-0.39, 0.29) is 6.61 Å². The minimum absolute atomic E-state index is 0.262. The van der Waals surface area contributed by atoms with E-state index in [1.54, 1.807) is 0 Å². The molecule has 148 valence electrons. The van der Waals surface area contributed by atoms with Crippen LogP contribution < -0.4 is 10.6 Å². The van der Waals surface area contributed by atoms with Crippen molar-refractivity contribution >= 4 is 5.96 Å². The number of piperidine rings is 1. The zero-order valence-corrected chi connectivity index (χ0v) is 17.1. The largest absolute Gasteiger partial charge is 0.396 e. The van der Waals surface area contributed by atoms with Gasteiger partial charge < -0.3 is 20.6 Å². The summed E-state index contributed by atoms with van der Waals surface area (Å²) in [5.74, 6) is 2.87. The lowest BCUT2D eigenvalue weighted by Crippen LogP contribution is -2.45. The molecule has 1 fully saturated rings. The zero-order chi connectivity index (χ0) is 18.5. The minimum Gasteiger partial charge on any atom is -0.396 e. The Morgan fingerprint density at radius 3 is 2.68 bits per heavy atom. The number of hydrogen-bond donors (Lipinski definition) is 3. The quantitative estimate of drug-likeness (QED) is 0.394. The van der Waals surface area contributed by atoms with Gasteiger partial charge in [-0.25, -0.2) is 0 Å². The molecule has 2 atom stereocenters. The second-order valence-corrected chi connectivity index (χ2v) is 7.93. The van der Waals surface area contributed by atoms with Gasteiger partial charge in [-0.15, -0.1) is 0 Å². The molecule has 0 amide bonds. The smallest absolute Gasteiger partial charge is 0.191 e. The molecule has 1 aliphatic rings. The summed E-state index contributed by atoms with van der Waals surface area (Å²) in [5.41, 5.74) is 0. The summed E-state index contributed by atoms with van der Waals surface area (Å²) in [5, 5.41) is 16.1. The standard InChI is InChI=1S/C20H42N4O/c1-5-8-18(10-12-25)13-22-20(21-6-2)23-14-19-9-7-11-24(16-19)15-17(3)4/h17-19,25H,5-16H2,1-4H3,(H2,21,22,23). The molecular formula is C20H42N4O. The molecule has 0 saturated carbocycles. The van der Waals surface area contributed by atoms with Gasteiger partial charge in [0.25, 0.3) is 0 Å². The Labute approximate surface area is 155 Å². The van der Waals surface area contributed by atoms with E-state index in [4.69, 9.17) is 4.99 Å². The third kappa shape index (κ3) is 10.0. The third-order valence-electron chi connectivity index (χ3n) is 4.87. The maximum atomic E-state index is 9.21. The van der Waals surface area contributed by atoms with Crippen LogP contribution in [0.2, 0.25) is 0 Å². The van der Waals surface area contributed by atoms with Gasteiger partial charge in [0.05, 0.1) is 0 Å². The van der Waals surface area contributed by atoms with Crippen LogP contribution in [0.15, 0.2) is 4.99 Å². The predicted molar refractivity (Wildman–Crippen MR) is 108 cm³/mol. The fraction of sp³-hybridized carbons (Fsp3) is 0.950. The number of guanidine groups is 1. The molecule has 5 heteroatoms. The highest BCUT2D eigenvalue weighted by Crippen LogP contribution is 2.17. The molecule has 0 aliphatic carbocycles. The van der Waals surface area contributed by atoms with Crippen LogP contribution in [0.5, 0.6) is 0 Å². The van der Waals surface area contributed by atoms with Crippen LogP contribution in [-0.4, -0.2) is 61.8 Å². The maximum Gasteiger partial charge on any atom is 0.191 e. The predicted octanol–water partition coefficient (Wildman–Crippen LogP) is 2.71. The molecule has 1 heterocycles. The molecule has 0 aromatic heterocycles. The number of rotatable bonds is 11. The van der Waals surface area contributed by atoms with Crippen LogP contribution in [0.1, 0.15) is 59.8 Å². The van der Waals surface area contributed by atoms with Gasteiger partial charge in [-0.3, -0.25) is 4.99 Å². The highest BCUT2D eigenvalue weighted by Gasteiger charge is 2.20. The molecule has 0 bridgehead atoms. The summed E-state index contributed by atoms with van der Waals surface area (Å²) in [6.45, 7) is 15.5. The third-order valence-corrected chi connectivity index (χ3v) is 4.87. The molecule has 0 aromatic carbocycles. The van der Waals surface area contributed by atoms with Crippen LogP contribution in [0.25, 0.3) is 0 Å². The summed E-state index contributed by atoms with van der Waals surface area (Å²) in [6.07, 6.45) is 5.75. The molecule has 0 radical (unpaired) electrons. The van der Waals surface area contributed by atoms with Crippen molar-refractivity contribution in [2.75, 3.05) is 45.9 Å². The maximum absolute atomic E-state index is 9.21. The molecule has 1 saturated heterocycles. The molecule has 2 unspecified atom stereocenters. The highest BCUT2D eigenvalue weighted by atomic mass is 16.3. The topological polar surface area (TPSA) is 59.9 Å². The number of aliphatic imine (C=N–C) groups is 1. The number of hydrogen-bond acceptors (Lipinski definition) is 3. The van der Waals surface area contributed by atoms with E-state index in [1.807, 2.05) is 0 Å². The van der Waals surface area contributed by atoms with Crippen molar-refractivity contribution in [1.29, 1.82) is 0 Å². The van der Waals surface area contributed by atoms with Gasteiger partial charge >= 0.3 is 0 Å². The molecule has 0 aromatic rings. The first-order valence-electron chi connectivity index (χ1n) is 10.4. The number of nitrogens with zero attached hydrogens (tertiary/aromatic N) is 2. The Morgan fingerprint density at radius 2 is 2.04 bits per heavy atom. The van der Waals surface area contributed by atoms with Gasteiger partial charge in [-0.2, -0.15) is 0 Å². The monoisotopic (exact) mass is 354 g/mol. The summed E-state index contributed by atoms with van der Waals surface area (Å²) in [7, 11) is 0. The molecule has 5 nitrogen and oxygen atoms in total. The lowest BCUT2D eigenvalue weighted by atomic mass is 9.97. The first-order chi connectivity index (χ1) is 12.1. The molecule has 0 spiro atoms. The summed E-state index contributed by atoms with van der Waals surface area (Å²) in [4.78, 5) is 7.39. The minimum atomic E-state index is 0.262. The second-order valence-electron chi connectivity index (χ2n) is 7.93. The van der Waals surface area contributed by atoms with Gasteiger partial charge in [0.15, 0.2) is 5.96 Å². The van der Waals surface area contributed by atoms with Crippen molar-refractivity contribution in [2.45, 2.75) is 59.8 Å². The van der Waals surface area contributed by atoms with Gasteiger partial charge in [0.1, 0.15) is 0 Å². The normalized spacial score (nSPS) is 20.7. The first-order valence-corrected chi connectivity index (χ1v) is 10.4. The van der Waals surface area contributed by atoms with Gasteiger partial charge in [0, 0.05) is 39.3 Å². The lowest BCUT2D eigenvalue weighted by Gasteiger charge is -2.34. The Morgan fingerprint density at radius 1 is 1.24 bits per heavy atom. The fourth-order valence-electron chi connectivity index (χ4n) is 3.72. The average molecular weight is 355 g/mol. The van der Waals surface area contributed by atoms with Crippen LogP contribution in [0.3, 0.4) is 0 Å². The zero-order valence-electron chi connectivity index (χ0n) is 17.1. The number of likely N-dealkylation sites (tertiary alicyclic amines) is 1. The van der Waals surface area contributed by atoms with Crippen LogP contribution in [0, 0.1) is 17.8 Å². The van der Waals surface area contributed by atoms with E-state index < -0.39 is 0 Å². The summed E-state index contributed by atoms with van der Waals surface area (Å²) >= 11 is 0. The number of aliphatic hydroxyl groups is 1. The van der Waals surface area contributed by atoms with E-state index in [0.717, 1.165) is 50.8 Å². The number of aliphatic hydroxyl groups excluding tert-OH is 1. The van der Waals surface area contributed by atoms with Gasteiger partial charge in [0.2, 0.25) is 0 Å². The summed E-state index contributed by atoms with van der Waals surface area (Å²) < 4.78 is 0. The highest BCUT2D eigenvalue weighted by molar-refractivity contribution is 5.79. The van der Waals surface area contributed by atoms with E-state index >= 15 is 0 Å². The van der Waals surface area contributed by atoms with Gasteiger partial charge in [-0.1, -0.05) is 27.2 Å². The molecule has 1 rings (SSSR count). The van der Waals surface area contributed by atoms with E-state index in [1.165, 1.54) is 32.5 Å². The van der Waals surface area contributed by atoms with Crippen LogP contribution in [-0.2, 0) is 0 Å². The first kappa shape index (κ1) is 22.2. The van der Waals surface area contributed by atoms with E-state index in [9.17, 15) is 5.11 Å². The summed E-state index contributed by atoms with van der Waals surface area (Å²) in [6, 6.07) is 0. The fourth-order valence-corrected chi connectivity index (χ4v) is 3.72. The van der Waals surface area contributed by atoms with Crippen molar-refractivity contribution in [3.8, 4) is 0 Å². The van der Waals surface area contributed by atoms with E-state index in [2.05, 4.69) is 43.2 Å². The second kappa shape index (κ2) is 13.4. The van der Waals surface area contributed by atoms with Crippen molar-refractivity contribution in [1.82, 2.24) is 15.5 Å². The van der Waals surface area contributed by atoms with Crippen molar-refractivity contribution < 1.29 is 5.11 Å². The van der Waals surface area contributed by atoms with Crippen molar-refractivity contribution in [3.05, 3.63) is 0 Å². The number of nitrogens with one attached hydrogen (secondary N) is 2. The lowest BCUT2D eigenvalue weighted by molar-refractivity contribution is 0.159. The molecule has 3 N–H and O–H groups in total. The van der Waals surface area contributed by atoms with Crippen LogP contribution >= 0.6 is 0 Å². The SMILES string of the molecule is CCCC(CCO)CN=C(NCC)NCC1CCCN(CC(C)C)C1. The van der Waals surface area contributed by atoms with Gasteiger partial charge in [-0.05, 0) is 56.9 Å². The average Bonchev–Trinajstić information content (AvgIpc) is 2.57. The van der Waals surface area contributed by atoms with E-state index in [0.29, 0.717) is 11.8 Å². The Hall–Kier alpha value is -0.810. The van der Waals surface area contributed by atoms with Crippen molar-refractivity contribution in [2.24, 2.45) is 22.7 Å². The Balaban J connectivity index is 2.46.